The molecular weight excluding hydrogens is 368 g/mol. The van der Waals surface area contributed by atoms with Gasteiger partial charge in [0.1, 0.15) is 0 Å². The number of carbonyl (C=O) groups is 3. The van der Waals surface area contributed by atoms with Gasteiger partial charge in [-0.15, -0.1) is 0 Å². The number of nitrogens with one attached hydrogen (secondary N) is 1. The average molecular weight is 388 g/mol. The van der Waals surface area contributed by atoms with Crippen molar-refractivity contribution in [3.05, 3.63) is 95.6 Å². The van der Waals surface area contributed by atoms with Crippen LogP contribution in [0.5, 0.6) is 0 Å². The molecule has 3 rings (SSSR count). The van der Waals surface area contributed by atoms with Gasteiger partial charge in [0.15, 0.2) is 0 Å². The van der Waals surface area contributed by atoms with Crippen molar-refractivity contribution in [2.75, 3.05) is 24.4 Å². The van der Waals surface area contributed by atoms with Crippen molar-refractivity contribution in [2.45, 2.75) is 0 Å². The Morgan fingerprint density at radius 3 is 2.17 bits per heavy atom. The first-order chi connectivity index (χ1) is 14.0. The second-order valence-electron chi connectivity index (χ2n) is 6.31. The van der Waals surface area contributed by atoms with E-state index in [0.717, 1.165) is 5.69 Å². The largest absolute Gasteiger partial charge is 0.465 e. The summed E-state index contributed by atoms with van der Waals surface area (Å²) in [7, 11) is 2.98. The number of hydrogen-bond acceptors (Lipinski definition) is 4. The van der Waals surface area contributed by atoms with Gasteiger partial charge in [-0.05, 0) is 48.5 Å². The quantitative estimate of drug-likeness (QED) is 0.671. The van der Waals surface area contributed by atoms with Gasteiger partial charge in [-0.25, -0.2) is 4.79 Å². The summed E-state index contributed by atoms with van der Waals surface area (Å²) in [5, 5.41) is 2.73. The molecule has 0 atom stereocenters. The number of carbonyl (C=O) groups excluding carboxylic acids is 3. The number of methoxy groups -OCH3 is 1. The van der Waals surface area contributed by atoms with E-state index in [4.69, 9.17) is 0 Å². The maximum Gasteiger partial charge on any atom is 0.337 e. The van der Waals surface area contributed by atoms with E-state index in [0.29, 0.717) is 22.4 Å². The molecule has 29 heavy (non-hydrogen) atoms. The molecule has 0 heterocycles. The molecule has 2 amide bonds. The number of esters is 1. The summed E-state index contributed by atoms with van der Waals surface area (Å²) in [5.74, 6) is -1.10. The van der Waals surface area contributed by atoms with E-state index in [9.17, 15) is 14.4 Å². The molecule has 3 aromatic carbocycles. The molecule has 0 saturated carbocycles. The minimum Gasteiger partial charge on any atom is -0.465 e. The molecule has 0 fully saturated rings. The van der Waals surface area contributed by atoms with Crippen LogP contribution in [-0.2, 0) is 4.74 Å². The molecule has 0 aromatic heterocycles. The molecule has 0 aliphatic rings. The summed E-state index contributed by atoms with van der Waals surface area (Å²) in [6, 6.07) is 22.2. The van der Waals surface area contributed by atoms with Crippen LogP contribution in [0.3, 0.4) is 0 Å². The van der Waals surface area contributed by atoms with Crippen LogP contribution < -0.4 is 10.2 Å². The molecule has 0 unspecified atom stereocenters. The number of hydrogen-bond donors (Lipinski definition) is 1. The maximum atomic E-state index is 12.8. The van der Waals surface area contributed by atoms with Crippen molar-refractivity contribution in [1.29, 1.82) is 0 Å². The topological polar surface area (TPSA) is 75.7 Å². The predicted molar refractivity (Wildman–Crippen MR) is 111 cm³/mol. The fourth-order valence-electron chi connectivity index (χ4n) is 2.80. The third-order valence-electron chi connectivity index (χ3n) is 4.36. The number of para-hydroxylation sites is 1. The minimum atomic E-state index is -0.488. The lowest BCUT2D eigenvalue weighted by molar-refractivity contribution is 0.0600. The van der Waals surface area contributed by atoms with Gasteiger partial charge in [-0.3, -0.25) is 9.59 Å². The first kappa shape index (κ1) is 19.8. The zero-order chi connectivity index (χ0) is 20.8. The lowest BCUT2D eigenvalue weighted by Crippen LogP contribution is -2.26. The Kier molecular flexibility index (Phi) is 6.04. The van der Waals surface area contributed by atoms with Crippen LogP contribution in [0.4, 0.5) is 11.4 Å². The number of benzene rings is 3. The molecule has 146 valence electrons. The van der Waals surface area contributed by atoms with Crippen molar-refractivity contribution in [2.24, 2.45) is 0 Å². The fraction of sp³-hybridized carbons (Fsp3) is 0.0870. The van der Waals surface area contributed by atoms with Crippen molar-refractivity contribution in [3.63, 3.8) is 0 Å². The number of rotatable bonds is 5. The molecule has 6 nitrogen and oxygen atoms in total. The van der Waals surface area contributed by atoms with Gasteiger partial charge in [0, 0.05) is 29.5 Å². The summed E-state index contributed by atoms with van der Waals surface area (Å²) in [5.41, 5.74) is 2.27. The first-order valence-corrected chi connectivity index (χ1v) is 8.92. The SMILES string of the molecule is COC(=O)c1cccc(NC(=O)c2cccc(C(=O)N(C)c3ccccc3)c2)c1. The average Bonchev–Trinajstić information content (AvgIpc) is 2.78. The highest BCUT2D eigenvalue weighted by Crippen LogP contribution is 2.17. The van der Waals surface area contributed by atoms with Crippen molar-refractivity contribution < 1.29 is 19.1 Å². The van der Waals surface area contributed by atoms with Crippen LogP contribution >= 0.6 is 0 Å². The zero-order valence-electron chi connectivity index (χ0n) is 16.1. The van der Waals surface area contributed by atoms with Crippen molar-refractivity contribution in [3.8, 4) is 0 Å². The molecule has 1 N–H and O–H groups in total. The van der Waals surface area contributed by atoms with Crippen LogP contribution in [0.15, 0.2) is 78.9 Å². The molecule has 0 bridgehead atoms. The maximum absolute atomic E-state index is 12.8. The monoisotopic (exact) mass is 388 g/mol. The predicted octanol–water partition coefficient (Wildman–Crippen LogP) is 4.00. The standard InChI is InChI=1S/C23H20N2O4/c1-25(20-12-4-3-5-13-20)22(27)17-9-6-8-16(14-17)21(26)24-19-11-7-10-18(15-19)23(28)29-2/h3-15H,1-2H3,(H,24,26). The van der Waals surface area contributed by atoms with Gasteiger partial charge in [0.05, 0.1) is 12.7 Å². The summed E-state index contributed by atoms with van der Waals surface area (Å²) < 4.78 is 4.69. The smallest absolute Gasteiger partial charge is 0.337 e. The summed E-state index contributed by atoms with van der Waals surface area (Å²) in [4.78, 5) is 38.6. The Labute approximate surface area is 168 Å². The highest BCUT2D eigenvalue weighted by Gasteiger charge is 2.16. The molecule has 0 radical (unpaired) electrons. The fourth-order valence-corrected chi connectivity index (χ4v) is 2.80. The zero-order valence-corrected chi connectivity index (χ0v) is 16.1. The molecule has 3 aromatic rings. The Hall–Kier alpha value is -3.93. The molecular formula is C23H20N2O4. The number of ether oxygens (including phenoxy) is 1. The number of anilines is 2. The van der Waals surface area contributed by atoms with Crippen LogP contribution in [-0.4, -0.2) is 31.9 Å². The summed E-state index contributed by atoms with van der Waals surface area (Å²) >= 11 is 0. The van der Waals surface area contributed by atoms with Gasteiger partial charge in [-0.1, -0.05) is 30.3 Å². The lowest BCUT2D eigenvalue weighted by Gasteiger charge is -2.17. The van der Waals surface area contributed by atoms with Gasteiger partial charge in [0.25, 0.3) is 11.8 Å². The van der Waals surface area contributed by atoms with E-state index in [1.807, 2.05) is 30.3 Å². The summed E-state index contributed by atoms with van der Waals surface area (Å²) in [6.45, 7) is 0. The molecule has 0 spiro atoms. The van der Waals surface area contributed by atoms with Crippen molar-refractivity contribution >= 4 is 29.2 Å². The molecule has 0 aliphatic heterocycles. The second kappa shape index (κ2) is 8.84. The third kappa shape index (κ3) is 4.68. The van der Waals surface area contributed by atoms with E-state index < -0.39 is 5.97 Å². The Morgan fingerprint density at radius 1 is 0.793 bits per heavy atom. The first-order valence-electron chi connectivity index (χ1n) is 8.92. The van der Waals surface area contributed by atoms with Gasteiger partial charge in [-0.2, -0.15) is 0 Å². The number of amides is 2. The van der Waals surface area contributed by atoms with Crippen LogP contribution in [0.1, 0.15) is 31.1 Å². The van der Waals surface area contributed by atoms with E-state index in [1.165, 1.54) is 18.1 Å². The van der Waals surface area contributed by atoms with Crippen LogP contribution in [0.25, 0.3) is 0 Å². The lowest BCUT2D eigenvalue weighted by atomic mass is 10.1. The van der Waals surface area contributed by atoms with Gasteiger partial charge < -0.3 is 15.0 Å². The Morgan fingerprint density at radius 2 is 1.45 bits per heavy atom. The number of nitrogens with zero attached hydrogens (tertiary/aromatic N) is 1. The van der Waals surface area contributed by atoms with E-state index in [-0.39, 0.29) is 11.8 Å². The van der Waals surface area contributed by atoms with Crippen molar-refractivity contribution in [1.82, 2.24) is 0 Å². The summed E-state index contributed by atoms with van der Waals surface area (Å²) in [6.07, 6.45) is 0. The Balaban J connectivity index is 1.78. The highest BCUT2D eigenvalue weighted by molar-refractivity contribution is 6.09. The normalized spacial score (nSPS) is 10.1. The van der Waals surface area contributed by atoms with Gasteiger partial charge in [0.2, 0.25) is 0 Å². The van der Waals surface area contributed by atoms with E-state index in [2.05, 4.69) is 10.1 Å². The van der Waals surface area contributed by atoms with E-state index in [1.54, 1.807) is 49.5 Å². The minimum absolute atomic E-state index is 0.224. The Bertz CT molecular complexity index is 1050. The van der Waals surface area contributed by atoms with Crippen LogP contribution in [0.2, 0.25) is 0 Å². The molecule has 0 aliphatic carbocycles. The third-order valence-corrected chi connectivity index (χ3v) is 4.36. The van der Waals surface area contributed by atoms with Crippen LogP contribution in [0, 0.1) is 0 Å². The highest BCUT2D eigenvalue weighted by atomic mass is 16.5. The second-order valence-corrected chi connectivity index (χ2v) is 6.31. The molecule has 0 saturated heterocycles. The van der Waals surface area contributed by atoms with Gasteiger partial charge >= 0.3 is 5.97 Å². The molecule has 6 heteroatoms. The van der Waals surface area contributed by atoms with E-state index >= 15 is 0 Å².